The Hall–Kier alpha value is -3.26. The summed E-state index contributed by atoms with van der Waals surface area (Å²) in [5.74, 6) is 0.581. The van der Waals surface area contributed by atoms with Gasteiger partial charge in [-0.3, -0.25) is 0 Å². The van der Waals surface area contributed by atoms with Crippen molar-refractivity contribution in [3.05, 3.63) is 94.0 Å². The number of hydrogen-bond acceptors (Lipinski definition) is 2. The summed E-state index contributed by atoms with van der Waals surface area (Å²) in [6, 6.07) is 19.4. The summed E-state index contributed by atoms with van der Waals surface area (Å²) >= 11 is 0. The van der Waals surface area contributed by atoms with E-state index in [9.17, 15) is 10.2 Å². The summed E-state index contributed by atoms with van der Waals surface area (Å²) in [6.07, 6.45) is 7.77. The van der Waals surface area contributed by atoms with Crippen molar-refractivity contribution in [2.24, 2.45) is 0 Å². The standard InChI is InChI=1S/C24H22O2/c1-17-3-11-21(23(25)15-17)13-9-19-5-7-20(8-6-19)10-14-22-12-4-18(2)16-24(22)26/h3-16,25-26H,1-2H3/b13-9+,14-10+. The van der Waals surface area contributed by atoms with E-state index in [2.05, 4.69) is 0 Å². The summed E-state index contributed by atoms with van der Waals surface area (Å²) < 4.78 is 0. The lowest BCUT2D eigenvalue weighted by atomic mass is 10.1. The molecule has 0 aromatic heterocycles. The number of rotatable bonds is 4. The van der Waals surface area contributed by atoms with Crippen LogP contribution >= 0.6 is 0 Å². The van der Waals surface area contributed by atoms with Gasteiger partial charge in [0.05, 0.1) is 0 Å². The van der Waals surface area contributed by atoms with Gasteiger partial charge in [0.15, 0.2) is 0 Å². The number of aryl methyl sites for hydroxylation is 2. The third kappa shape index (κ3) is 4.42. The molecule has 0 aliphatic rings. The maximum absolute atomic E-state index is 9.95. The molecule has 0 bridgehead atoms. The van der Waals surface area contributed by atoms with E-state index in [-0.39, 0.29) is 0 Å². The van der Waals surface area contributed by atoms with E-state index < -0.39 is 0 Å². The van der Waals surface area contributed by atoms with E-state index in [1.54, 1.807) is 12.1 Å². The Bertz CT molecular complexity index is 884. The second-order valence-corrected chi connectivity index (χ2v) is 6.46. The Balaban J connectivity index is 1.72. The molecule has 0 amide bonds. The van der Waals surface area contributed by atoms with E-state index in [1.807, 2.05) is 86.7 Å². The van der Waals surface area contributed by atoms with Gasteiger partial charge in [-0.05, 0) is 48.2 Å². The summed E-state index contributed by atoms with van der Waals surface area (Å²) in [5, 5.41) is 19.9. The minimum Gasteiger partial charge on any atom is -0.507 e. The average molecular weight is 342 g/mol. The molecule has 0 fully saturated rings. The monoisotopic (exact) mass is 342 g/mol. The first kappa shape index (κ1) is 17.6. The number of benzene rings is 3. The van der Waals surface area contributed by atoms with E-state index in [1.165, 1.54) is 0 Å². The number of phenolic OH excluding ortho intramolecular Hbond substituents is 2. The molecule has 0 aliphatic heterocycles. The topological polar surface area (TPSA) is 40.5 Å². The third-order valence-corrected chi connectivity index (χ3v) is 4.22. The van der Waals surface area contributed by atoms with Crippen molar-refractivity contribution in [1.82, 2.24) is 0 Å². The normalized spacial score (nSPS) is 11.5. The maximum Gasteiger partial charge on any atom is 0.123 e. The number of hydrogen-bond donors (Lipinski definition) is 2. The molecule has 0 saturated carbocycles. The van der Waals surface area contributed by atoms with Gasteiger partial charge in [-0.2, -0.15) is 0 Å². The molecule has 2 heteroatoms. The first-order valence-corrected chi connectivity index (χ1v) is 8.57. The van der Waals surface area contributed by atoms with Gasteiger partial charge in [0.1, 0.15) is 11.5 Å². The van der Waals surface area contributed by atoms with Crippen LogP contribution in [0.15, 0.2) is 60.7 Å². The highest BCUT2D eigenvalue weighted by Gasteiger charge is 1.98. The lowest BCUT2D eigenvalue weighted by Gasteiger charge is -2.01. The van der Waals surface area contributed by atoms with Crippen molar-refractivity contribution in [3.63, 3.8) is 0 Å². The Morgan fingerprint density at radius 3 is 1.27 bits per heavy atom. The first-order valence-electron chi connectivity index (χ1n) is 8.57. The van der Waals surface area contributed by atoms with Crippen LogP contribution in [-0.4, -0.2) is 10.2 Å². The molecule has 0 unspecified atom stereocenters. The summed E-state index contributed by atoms with van der Waals surface area (Å²) in [6.45, 7) is 3.91. The molecule has 3 aromatic rings. The van der Waals surface area contributed by atoms with Crippen molar-refractivity contribution in [1.29, 1.82) is 0 Å². The SMILES string of the molecule is Cc1ccc(/C=C/c2ccc(/C=C/c3ccc(C)cc3O)cc2)c(O)c1. The van der Waals surface area contributed by atoms with Crippen LogP contribution < -0.4 is 0 Å². The van der Waals surface area contributed by atoms with Crippen LogP contribution in [-0.2, 0) is 0 Å². The zero-order valence-electron chi connectivity index (χ0n) is 15.0. The Morgan fingerprint density at radius 2 is 0.923 bits per heavy atom. The summed E-state index contributed by atoms with van der Waals surface area (Å²) in [4.78, 5) is 0. The van der Waals surface area contributed by atoms with Gasteiger partial charge in [0.2, 0.25) is 0 Å². The van der Waals surface area contributed by atoms with Crippen molar-refractivity contribution >= 4 is 24.3 Å². The van der Waals surface area contributed by atoms with Crippen molar-refractivity contribution in [2.45, 2.75) is 13.8 Å². The molecule has 0 spiro atoms. The molecule has 0 aliphatic carbocycles. The fraction of sp³-hybridized carbons (Fsp3) is 0.0833. The van der Waals surface area contributed by atoms with Gasteiger partial charge in [-0.1, -0.05) is 72.8 Å². The van der Waals surface area contributed by atoms with Gasteiger partial charge in [-0.15, -0.1) is 0 Å². The molecule has 0 atom stereocenters. The predicted octanol–water partition coefficient (Wildman–Crippen LogP) is 6.06. The molecule has 130 valence electrons. The predicted molar refractivity (Wildman–Crippen MR) is 110 cm³/mol. The van der Waals surface area contributed by atoms with E-state index >= 15 is 0 Å². The third-order valence-electron chi connectivity index (χ3n) is 4.22. The van der Waals surface area contributed by atoms with E-state index in [4.69, 9.17) is 0 Å². The van der Waals surface area contributed by atoms with Crippen LogP contribution in [0.3, 0.4) is 0 Å². The van der Waals surface area contributed by atoms with Crippen molar-refractivity contribution in [2.75, 3.05) is 0 Å². The zero-order valence-corrected chi connectivity index (χ0v) is 15.0. The molecule has 2 N–H and O–H groups in total. The Morgan fingerprint density at radius 1 is 0.538 bits per heavy atom. The second-order valence-electron chi connectivity index (χ2n) is 6.46. The zero-order chi connectivity index (χ0) is 18.5. The van der Waals surface area contributed by atoms with Gasteiger partial charge >= 0.3 is 0 Å². The van der Waals surface area contributed by atoms with Crippen LogP contribution in [0.4, 0.5) is 0 Å². The highest BCUT2D eigenvalue weighted by atomic mass is 16.3. The highest BCUT2D eigenvalue weighted by molar-refractivity contribution is 5.75. The van der Waals surface area contributed by atoms with Crippen LogP contribution in [0, 0.1) is 13.8 Å². The molecular weight excluding hydrogens is 320 g/mol. The fourth-order valence-corrected chi connectivity index (χ4v) is 2.68. The molecule has 0 radical (unpaired) electrons. The molecule has 0 heterocycles. The van der Waals surface area contributed by atoms with Crippen LogP contribution in [0.25, 0.3) is 24.3 Å². The van der Waals surface area contributed by atoms with Crippen molar-refractivity contribution < 1.29 is 10.2 Å². The molecular formula is C24H22O2. The van der Waals surface area contributed by atoms with Gasteiger partial charge in [-0.25, -0.2) is 0 Å². The van der Waals surface area contributed by atoms with Gasteiger partial charge < -0.3 is 10.2 Å². The molecule has 3 aromatic carbocycles. The smallest absolute Gasteiger partial charge is 0.123 e. The Labute approximate surface area is 154 Å². The van der Waals surface area contributed by atoms with E-state index in [0.29, 0.717) is 11.5 Å². The van der Waals surface area contributed by atoms with Gasteiger partial charge in [0, 0.05) is 11.1 Å². The van der Waals surface area contributed by atoms with E-state index in [0.717, 1.165) is 33.4 Å². The van der Waals surface area contributed by atoms with Crippen LogP contribution in [0.5, 0.6) is 11.5 Å². The second kappa shape index (κ2) is 7.75. The number of phenols is 2. The maximum atomic E-state index is 9.95. The largest absolute Gasteiger partial charge is 0.507 e. The van der Waals surface area contributed by atoms with Crippen LogP contribution in [0.1, 0.15) is 33.4 Å². The minimum atomic E-state index is 0.290. The quantitative estimate of drug-likeness (QED) is 0.566. The number of aromatic hydroxyl groups is 2. The van der Waals surface area contributed by atoms with Crippen LogP contribution in [0.2, 0.25) is 0 Å². The fourth-order valence-electron chi connectivity index (χ4n) is 2.68. The molecule has 3 rings (SSSR count). The molecule has 2 nitrogen and oxygen atoms in total. The summed E-state index contributed by atoms with van der Waals surface area (Å²) in [7, 11) is 0. The molecule has 26 heavy (non-hydrogen) atoms. The van der Waals surface area contributed by atoms with Crippen molar-refractivity contribution in [3.8, 4) is 11.5 Å². The Kier molecular flexibility index (Phi) is 5.23. The van der Waals surface area contributed by atoms with Gasteiger partial charge in [0.25, 0.3) is 0 Å². The minimum absolute atomic E-state index is 0.290. The highest BCUT2D eigenvalue weighted by Crippen LogP contribution is 2.22. The average Bonchev–Trinajstić information content (AvgIpc) is 2.61. The lowest BCUT2D eigenvalue weighted by Crippen LogP contribution is -1.79. The lowest BCUT2D eigenvalue weighted by molar-refractivity contribution is 0.473. The molecule has 0 saturated heterocycles. The first-order chi connectivity index (χ1) is 12.5. The summed E-state index contributed by atoms with van der Waals surface area (Å²) in [5.41, 5.74) is 5.79.